The first-order valence-electron chi connectivity index (χ1n) is 6.48. The smallest absolute Gasteiger partial charge is 0.0695 e. The summed E-state index contributed by atoms with van der Waals surface area (Å²) in [5.74, 6) is 0. The molecule has 1 saturated carbocycles. The monoisotopic (exact) mass is 228 g/mol. The highest BCUT2D eigenvalue weighted by Gasteiger charge is 2.31. The second-order valence-electron chi connectivity index (χ2n) is 6.11. The third kappa shape index (κ3) is 3.44. The van der Waals surface area contributed by atoms with E-state index in [-0.39, 0.29) is 17.6 Å². The van der Waals surface area contributed by atoms with E-state index in [4.69, 9.17) is 5.73 Å². The van der Waals surface area contributed by atoms with Gasteiger partial charge in [-0.2, -0.15) is 0 Å². The van der Waals surface area contributed by atoms with Crippen LogP contribution in [0.5, 0.6) is 0 Å². The van der Waals surface area contributed by atoms with Crippen LogP contribution in [-0.2, 0) is 0 Å². The van der Waals surface area contributed by atoms with Crippen LogP contribution in [0, 0.1) is 5.41 Å². The molecule has 1 aliphatic rings. The maximum absolute atomic E-state index is 10.0. The second kappa shape index (κ2) is 5.48. The third-order valence-electron chi connectivity index (χ3n) is 4.15. The van der Waals surface area contributed by atoms with Gasteiger partial charge < -0.3 is 15.7 Å². The minimum atomic E-state index is -0.150. The fourth-order valence-electron chi connectivity index (χ4n) is 2.51. The van der Waals surface area contributed by atoms with Gasteiger partial charge in [0.25, 0.3) is 0 Å². The van der Waals surface area contributed by atoms with Crippen molar-refractivity contribution in [1.29, 1.82) is 0 Å². The zero-order valence-electron chi connectivity index (χ0n) is 11.2. The number of aliphatic hydroxyl groups excluding tert-OH is 1. The van der Waals surface area contributed by atoms with Crippen LogP contribution in [0.1, 0.15) is 46.5 Å². The van der Waals surface area contributed by atoms with E-state index in [1.807, 2.05) is 0 Å². The highest BCUT2D eigenvalue weighted by Crippen LogP contribution is 2.26. The molecule has 3 N–H and O–H groups in total. The normalized spacial score (nSPS) is 29.4. The molecule has 0 aliphatic heterocycles. The molecule has 16 heavy (non-hydrogen) atoms. The first-order valence-corrected chi connectivity index (χ1v) is 6.48. The standard InChI is InChI=1S/C13H28N2O/c1-10(14)13(2,3)9-15(4)11-7-5-6-8-12(11)16/h10-12,16H,5-9,14H2,1-4H3. The molecule has 0 saturated heterocycles. The van der Waals surface area contributed by atoms with Crippen molar-refractivity contribution in [2.45, 2.75) is 64.6 Å². The van der Waals surface area contributed by atoms with Crippen LogP contribution in [0.3, 0.4) is 0 Å². The minimum absolute atomic E-state index is 0.103. The van der Waals surface area contributed by atoms with Gasteiger partial charge in [-0.3, -0.25) is 0 Å². The summed E-state index contributed by atoms with van der Waals surface area (Å²) < 4.78 is 0. The van der Waals surface area contributed by atoms with Crippen LogP contribution in [0.4, 0.5) is 0 Å². The fourth-order valence-corrected chi connectivity index (χ4v) is 2.51. The van der Waals surface area contributed by atoms with Gasteiger partial charge in [-0.1, -0.05) is 26.7 Å². The van der Waals surface area contributed by atoms with Gasteiger partial charge >= 0.3 is 0 Å². The predicted octanol–water partition coefficient (Wildman–Crippen LogP) is 1.60. The summed E-state index contributed by atoms with van der Waals surface area (Å²) in [5.41, 5.74) is 6.10. The Morgan fingerprint density at radius 3 is 2.44 bits per heavy atom. The van der Waals surface area contributed by atoms with Gasteiger partial charge in [-0.05, 0) is 32.2 Å². The molecule has 1 rings (SSSR count). The highest BCUT2D eigenvalue weighted by molar-refractivity contribution is 4.87. The SMILES string of the molecule is CC(N)C(C)(C)CN(C)C1CCCCC1O. The summed E-state index contributed by atoms with van der Waals surface area (Å²) in [6, 6.07) is 0.502. The van der Waals surface area contributed by atoms with E-state index in [1.54, 1.807) is 0 Å². The van der Waals surface area contributed by atoms with E-state index >= 15 is 0 Å². The molecule has 3 nitrogen and oxygen atoms in total. The van der Waals surface area contributed by atoms with Crippen molar-refractivity contribution in [2.75, 3.05) is 13.6 Å². The molecule has 3 unspecified atom stereocenters. The first-order chi connectivity index (χ1) is 7.34. The van der Waals surface area contributed by atoms with Gasteiger partial charge in [0, 0.05) is 18.6 Å². The van der Waals surface area contributed by atoms with E-state index < -0.39 is 0 Å². The van der Waals surface area contributed by atoms with E-state index in [0.29, 0.717) is 6.04 Å². The third-order valence-corrected chi connectivity index (χ3v) is 4.15. The number of nitrogens with two attached hydrogens (primary N) is 1. The Kier molecular flexibility index (Phi) is 4.77. The van der Waals surface area contributed by atoms with Gasteiger partial charge in [0.05, 0.1) is 6.10 Å². The Labute approximate surface area is 100 Å². The second-order valence-corrected chi connectivity index (χ2v) is 6.11. The maximum Gasteiger partial charge on any atom is 0.0695 e. The van der Waals surface area contributed by atoms with E-state index in [9.17, 15) is 5.11 Å². The Hall–Kier alpha value is -0.120. The zero-order valence-corrected chi connectivity index (χ0v) is 11.2. The molecule has 0 heterocycles. The fraction of sp³-hybridized carbons (Fsp3) is 1.00. The summed E-state index contributed by atoms with van der Waals surface area (Å²) in [7, 11) is 2.11. The van der Waals surface area contributed by atoms with Crippen LogP contribution in [0.15, 0.2) is 0 Å². The van der Waals surface area contributed by atoms with Crippen molar-refractivity contribution >= 4 is 0 Å². The molecular weight excluding hydrogens is 200 g/mol. The van der Waals surface area contributed by atoms with Crippen molar-refractivity contribution in [1.82, 2.24) is 4.90 Å². The van der Waals surface area contributed by atoms with Gasteiger partial charge in [-0.25, -0.2) is 0 Å². The summed E-state index contributed by atoms with van der Waals surface area (Å²) in [6.07, 6.45) is 4.33. The Balaban J connectivity index is 2.53. The van der Waals surface area contributed by atoms with Crippen LogP contribution >= 0.6 is 0 Å². The zero-order chi connectivity index (χ0) is 12.3. The van der Waals surface area contributed by atoms with Crippen molar-refractivity contribution in [3.05, 3.63) is 0 Å². The number of aliphatic hydroxyl groups is 1. The highest BCUT2D eigenvalue weighted by atomic mass is 16.3. The topological polar surface area (TPSA) is 49.5 Å². The van der Waals surface area contributed by atoms with Crippen LogP contribution < -0.4 is 5.73 Å². The van der Waals surface area contributed by atoms with Crippen molar-refractivity contribution in [2.24, 2.45) is 11.1 Å². The first kappa shape index (κ1) is 13.9. The summed E-state index contributed by atoms with van der Waals surface area (Å²) >= 11 is 0. The van der Waals surface area contributed by atoms with E-state index in [0.717, 1.165) is 19.4 Å². The predicted molar refractivity (Wildman–Crippen MR) is 68.3 cm³/mol. The molecule has 96 valence electrons. The van der Waals surface area contributed by atoms with Crippen LogP contribution in [-0.4, -0.2) is 41.8 Å². The number of rotatable bonds is 4. The van der Waals surface area contributed by atoms with Crippen LogP contribution in [0.25, 0.3) is 0 Å². The van der Waals surface area contributed by atoms with Crippen LogP contribution in [0.2, 0.25) is 0 Å². The Bertz CT molecular complexity index is 216. The Morgan fingerprint density at radius 2 is 1.94 bits per heavy atom. The quantitative estimate of drug-likeness (QED) is 0.768. The number of hydrogen-bond donors (Lipinski definition) is 2. The molecule has 0 amide bonds. The lowest BCUT2D eigenvalue weighted by molar-refractivity contribution is 0.0143. The lowest BCUT2D eigenvalue weighted by atomic mass is 9.83. The molecule has 3 heteroatoms. The molecule has 0 spiro atoms. The maximum atomic E-state index is 10.0. The average molecular weight is 228 g/mol. The van der Waals surface area contributed by atoms with Gasteiger partial charge in [-0.15, -0.1) is 0 Å². The van der Waals surface area contributed by atoms with Crippen molar-refractivity contribution < 1.29 is 5.11 Å². The number of likely N-dealkylation sites (N-methyl/N-ethyl adjacent to an activating group) is 1. The van der Waals surface area contributed by atoms with Crippen molar-refractivity contribution in [3.8, 4) is 0 Å². The average Bonchev–Trinajstić information content (AvgIpc) is 2.17. The molecule has 0 radical (unpaired) electrons. The van der Waals surface area contributed by atoms with E-state index in [2.05, 4.69) is 32.7 Å². The number of hydrogen-bond acceptors (Lipinski definition) is 3. The molecule has 1 fully saturated rings. The number of nitrogens with zero attached hydrogens (tertiary/aromatic N) is 1. The van der Waals surface area contributed by atoms with Gasteiger partial charge in [0.15, 0.2) is 0 Å². The summed E-state index contributed by atoms with van der Waals surface area (Å²) in [5, 5.41) is 10.0. The molecular formula is C13H28N2O. The lowest BCUT2D eigenvalue weighted by Gasteiger charge is -2.40. The molecule has 0 aromatic rings. The van der Waals surface area contributed by atoms with E-state index in [1.165, 1.54) is 12.8 Å². The molecule has 1 aliphatic carbocycles. The summed E-state index contributed by atoms with van der Waals surface area (Å²) in [6.45, 7) is 7.41. The van der Waals surface area contributed by atoms with Gasteiger partial charge in [0.1, 0.15) is 0 Å². The summed E-state index contributed by atoms with van der Waals surface area (Å²) in [4.78, 5) is 2.30. The Morgan fingerprint density at radius 1 is 1.38 bits per heavy atom. The van der Waals surface area contributed by atoms with Crippen molar-refractivity contribution in [3.63, 3.8) is 0 Å². The molecule has 0 aromatic heterocycles. The molecule has 0 bridgehead atoms. The minimum Gasteiger partial charge on any atom is -0.391 e. The molecule has 3 atom stereocenters. The largest absolute Gasteiger partial charge is 0.391 e. The van der Waals surface area contributed by atoms with Gasteiger partial charge in [0.2, 0.25) is 0 Å². The lowest BCUT2D eigenvalue weighted by Crippen LogP contribution is -2.50. The molecule has 0 aromatic carbocycles.